The van der Waals surface area contributed by atoms with E-state index in [2.05, 4.69) is 31.5 Å². The number of hydrogen-bond acceptors (Lipinski definition) is 3. The lowest BCUT2D eigenvalue weighted by Gasteiger charge is -2.11. The van der Waals surface area contributed by atoms with Crippen molar-refractivity contribution in [1.29, 1.82) is 0 Å². The van der Waals surface area contributed by atoms with Gasteiger partial charge in [-0.2, -0.15) is 0 Å². The summed E-state index contributed by atoms with van der Waals surface area (Å²) in [6, 6.07) is 5.20. The molecule has 0 bridgehead atoms. The first kappa shape index (κ1) is 15.4. The van der Waals surface area contributed by atoms with Gasteiger partial charge in [-0.05, 0) is 31.2 Å². The van der Waals surface area contributed by atoms with E-state index in [-0.39, 0.29) is 17.1 Å². The van der Waals surface area contributed by atoms with E-state index in [9.17, 15) is 13.6 Å². The predicted molar refractivity (Wildman–Crippen MR) is 80.4 cm³/mol. The fourth-order valence-corrected chi connectivity index (χ4v) is 2.06. The monoisotopic (exact) mass is 355 g/mol. The highest BCUT2D eigenvalue weighted by Crippen LogP contribution is 2.22. The Hall–Kier alpha value is -2.02. The van der Waals surface area contributed by atoms with Crippen LogP contribution >= 0.6 is 15.9 Å². The Labute approximate surface area is 128 Å². The molecule has 1 aromatic carbocycles. The number of aromatic nitrogens is 1. The zero-order valence-corrected chi connectivity index (χ0v) is 12.7. The molecule has 0 spiro atoms. The first-order valence-corrected chi connectivity index (χ1v) is 6.96. The van der Waals surface area contributed by atoms with E-state index < -0.39 is 17.5 Å². The van der Waals surface area contributed by atoms with E-state index in [4.69, 9.17) is 0 Å². The number of benzene rings is 1. The van der Waals surface area contributed by atoms with Crippen molar-refractivity contribution in [2.45, 2.75) is 6.92 Å². The Balaban J connectivity index is 2.31. The van der Waals surface area contributed by atoms with Crippen molar-refractivity contribution in [2.24, 2.45) is 0 Å². The van der Waals surface area contributed by atoms with E-state index >= 15 is 0 Å². The lowest BCUT2D eigenvalue weighted by atomic mass is 10.2. The van der Waals surface area contributed by atoms with Crippen LogP contribution in [0.3, 0.4) is 0 Å². The molecular weight excluding hydrogens is 344 g/mol. The Morgan fingerprint density at radius 2 is 2.10 bits per heavy atom. The molecule has 1 amide bonds. The highest BCUT2D eigenvalue weighted by Gasteiger charge is 2.15. The van der Waals surface area contributed by atoms with Crippen molar-refractivity contribution in [3.63, 3.8) is 0 Å². The maximum Gasteiger partial charge on any atom is 0.259 e. The van der Waals surface area contributed by atoms with Crippen molar-refractivity contribution >= 4 is 33.3 Å². The maximum absolute atomic E-state index is 13.6. The van der Waals surface area contributed by atoms with Gasteiger partial charge in [0.2, 0.25) is 0 Å². The molecule has 0 aliphatic rings. The van der Waals surface area contributed by atoms with Crippen LogP contribution in [0.15, 0.2) is 34.9 Å². The van der Waals surface area contributed by atoms with Gasteiger partial charge in [0.1, 0.15) is 17.5 Å². The number of pyridine rings is 1. The lowest BCUT2D eigenvalue weighted by Crippen LogP contribution is -2.17. The Morgan fingerprint density at radius 3 is 2.81 bits per heavy atom. The number of nitrogens with one attached hydrogen (secondary N) is 2. The second kappa shape index (κ2) is 6.62. The standard InChI is InChI=1S/C14H12BrF2N3O/c1-2-18-13-10(6-9(16)7-19-13)14(21)20-12-5-8(15)3-4-11(12)17/h3-7H,2H2,1H3,(H,18,19)(H,20,21). The van der Waals surface area contributed by atoms with Gasteiger partial charge in [0.15, 0.2) is 0 Å². The molecule has 0 aliphatic carbocycles. The van der Waals surface area contributed by atoms with Gasteiger partial charge < -0.3 is 10.6 Å². The Bertz CT molecular complexity index is 679. The first-order chi connectivity index (χ1) is 10.0. The van der Waals surface area contributed by atoms with Crippen molar-refractivity contribution in [3.8, 4) is 0 Å². The molecule has 0 saturated heterocycles. The van der Waals surface area contributed by atoms with Gasteiger partial charge in [-0.1, -0.05) is 15.9 Å². The molecule has 21 heavy (non-hydrogen) atoms. The molecule has 0 unspecified atom stereocenters. The largest absolute Gasteiger partial charge is 0.370 e. The van der Waals surface area contributed by atoms with Crippen molar-refractivity contribution < 1.29 is 13.6 Å². The van der Waals surface area contributed by atoms with Crippen LogP contribution in [0.4, 0.5) is 20.3 Å². The third-order valence-electron chi connectivity index (χ3n) is 2.62. The van der Waals surface area contributed by atoms with Crippen molar-refractivity contribution in [1.82, 2.24) is 4.98 Å². The highest BCUT2D eigenvalue weighted by atomic mass is 79.9. The summed E-state index contributed by atoms with van der Waals surface area (Å²) in [6.45, 7) is 2.34. The number of hydrogen-bond donors (Lipinski definition) is 2. The predicted octanol–water partition coefficient (Wildman–Crippen LogP) is 3.81. The summed E-state index contributed by atoms with van der Waals surface area (Å²) in [4.78, 5) is 16.0. The Morgan fingerprint density at radius 1 is 1.33 bits per heavy atom. The Kier molecular flexibility index (Phi) is 4.85. The van der Waals surface area contributed by atoms with Gasteiger partial charge in [-0.25, -0.2) is 13.8 Å². The zero-order valence-electron chi connectivity index (χ0n) is 11.1. The molecule has 2 rings (SSSR count). The van der Waals surface area contributed by atoms with Crippen LogP contribution in [-0.2, 0) is 0 Å². The topological polar surface area (TPSA) is 54.0 Å². The summed E-state index contributed by atoms with van der Waals surface area (Å²) in [5.74, 6) is -1.63. The smallest absolute Gasteiger partial charge is 0.259 e. The fourth-order valence-electron chi connectivity index (χ4n) is 1.70. The normalized spacial score (nSPS) is 10.3. The quantitative estimate of drug-likeness (QED) is 0.876. The molecule has 1 aromatic heterocycles. The molecule has 0 radical (unpaired) electrons. The van der Waals surface area contributed by atoms with E-state index in [1.807, 2.05) is 6.92 Å². The lowest BCUT2D eigenvalue weighted by molar-refractivity contribution is 0.102. The van der Waals surface area contributed by atoms with Crippen LogP contribution in [0.2, 0.25) is 0 Å². The van der Waals surface area contributed by atoms with Gasteiger partial charge in [0, 0.05) is 11.0 Å². The van der Waals surface area contributed by atoms with E-state index in [0.29, 0.717) is 11.0 Å². The second-order valence-electron chi connectivity index (χ2n) is 4.16. The second-order valence-corrected chi connectivity index (χ2v) is 5.07. The molecule has 7 heteroatoms. The molecule has 2 N–H and O–H groups in total. The molecule has 0 fully saturated rings. The minimum atomic E-state index is -0.644. The van der Waals surface area contributed by atoms with Crippen molar-refractivity contribution in [2.75, 3.05) is 17.2 Å². The van der Waals surface area contributed by atoms with Gasteiger partial charge in [-0.3, -0.25) is 4.79 Å². The summed E-state index contributed by atoms with van der Waals surface area (Å²) in [6.07, 6.45) is 1.01. The molecule has 0 saturated carbocycles. The average Bonchev–Trinajstić information content (AvgIpc) is 2.45. The third-order valence-corrected chi connectivity index (χ3v) is 3.11. The average molecular weight is 356 g/mol. The number of anilines is 2. The van der Waals surface area contributed by atoms with Gasteiger partial charge >= 0.3 is 0 Å². The van der Waals surface area contributed by atoms with Crippen LogP contribution in [0.5, 0.6) is 0 Å². The molecule has 110 valence electrons. The summed E-state index contributed by atoms with van der Waals surface area (Å²) >= 11 is 3.19. The summed E-state index contributed by atoms with van der Waals surface area (Å²) in [7, 11) is 0. The van der Waals surface area contributed by atoms with Crippen LogP contribution in [-0.4, -0.2) is 17.4 Å². The third kappa shape index (κ3) is 3.75. The number of amides is 1. The summed E-state index contributed by atoms with van der Waals surface area (Å²) in [5.41, 5.74) is 0.0114. The summed E-state index contributed by atoms with van der Waals surface area (Å²) in [5, 5.41) is 5.26. The fraction of sp³-hybridized carbons (Fsp3) is 0.143. The maximum atomic E-state index is 13.6. The molecular formula is C14H12BrF2N3O. The molecule has 4 nitrogen and oxygen atoms in total. The first-order valence-electron chi connectivity index (χ1n) is 6.17. The number of carbonyl (C=O) groups is 1. The molecule has 2 aromatic rings. The van der Waals surface area contributed by atoms with Crippen LogP contribution < -0.4 is 10.6 Å². The van der Waals surface area contributed by atoms with E-state index in [0.717, 1.165) is 12.3 Å². The van der Waals surface area contributed by atoms with E-state index in [1.54, 1.807) is 0 Å². The highest BCUT2D eigenvalue weighted by molar-refractivity contribution is 9.10. The number of nitrogens with zero attached hydrogens (tertiary/aromatic N) is 1. The summed E-state index contributed by atoms with van der Waals surface area (Å²) < 4.78 is 27.5. The van der Waals surface area contributed by atoms with Gasteiger partial charge in [0.05, 0.1) is 17.4 Å². The number of carbonyl (C=O) groups excluding carboxylic acids is 1. The minimum Gasteiger partial charge on any atom is -0.370 e. The molecule has 0 aliphatic heterocycles. The van der Waals surface area contributed by atoms with Crippen LogP contribution in [0.1, 0.15) is 17.3 Å². The zero-order chi connectivity index (χ0) is 15.4. The number of halogens is 3. The van der Waals surface area contributed by atoms with Crippen LogP contribution in [0.25, 0.3) is 0 Å². The minimum absolute atomic E-state index is 0.00100. The molecule has 0 atom stereocenters. The molecule has 1 heterocycles. The van der Waals surface area contributed by atoms with Gasteiger partial charge in [0.25, 0.3) is 5.91 Å². The van der Waals surface area contributed by atoms with Gasteiger partial charge in [-0.15, -0.1) is 0 Å². The van der Waals surface area contributed by atoms with Crippen molar-refractivity contribution in [3.05, 3.63) is 52.1 Å². The van der Waals surface area contributed by atoms with E-state index in [1.165, 1.54) is 18.2 Å². The van der Waals surface area contributed by atoms with Crippen LogP contribution in [0, 0.1) is 11.6 Å². The SMILES string of the molecule is CCNc1ncc(F)cc1C(=O)Nc1cc(Br)ccc1F. The number of rotatable bonds is 4.